The zero-order valence-electron chi connectivity index (χ0n) is 16.2. The van der Waals surface area contributed by atoms with Gasteiger partial charge in [-0.3, -0.25) is 9.54 Å². The predicted octanol–water partition coefficient (Wildman–Crippen LogP) is 4.96. The summed E-state index contributed by atoms with van der Waals surface area (Å²) in [7, 11) is -4.13. The van der Waals surface area contributed by atoms with Crippen LogP contribution in [-0.2, 0) is 10.1 Å². The third-order valence-corrected chi connectivity index (χ3v) is 5.77. The first-order chi connectivity index (χ1) is 13.8. The minimum absolute atomic E-state index is 0.179. The SMILES string of the molecule is Cc1ccc(C)c(C(CCS(=O)(=O)O)N2c3ccccc3Oc3ccccc32)n1. The zero-order chi connectivity index (χ0) is 20.6. The third-order valence-electron chi connectivity index (χ3n) is 5.02. The van der Waals surface area contributed by atoms with Crippen molar-refractivity contribution in [2.24, 2.45) is 0 Å². The molecule has 1 aliphatic rings. The molecule has 2 heterocycles. The highest BCUT2D eigenvalue weighted by atomic mass is 32.2. The summed E-state index contributed by atoms with van der Waals surface area (Å²) < 4.78 is 38.7. The number of ether oxygens (including phenoxy) is 1. The van der Waals surface area contributed by atoms with Gasteiger partial charge in [-0.2, -0.15) is 8.42 Å². The maximum Gasteiger partial charge on any atom is 0.264 e. The van der Waals surface area contributed by atoms with Crippen molar-refractivity contribution in [1.29, 1.82) is 0 Å². The number of hydrogen-bond donors (Lipinski definition) is 1. The first kappa shape index (κ1) is 19.4. The summed E-state index contributed by atoms with van der Waals surface area (Å²) in [6, 6.07) is 18.8. The summed E-state index contributed by atoms with van der Waals surface area (Å²) >= 11 is 0. The minimum atomic E-state index is -4.13. The lowest BCUT2D eigenvalue weighted by molar-refractivity contribution is 0.460. The Balaban J connectivity index is 1.91. The van der Waals surface area contributed by atoms with Crippen LogP contribution >= 0.6 is 0 Å². The van der Waals surface area contributed by atoms with Crippen LogP contribution in [0.1, 0.15) is 29.4 Å². The van der Waals surface area contributed by atoms with Gasteiger partial charge in [-0.05, 0) is 56.2 Å². The van der Waals surface area contributed by atoms with Gasteiger partial charge < -0.3 is 9.64 Å². The van der Waals surface area contributed by atoms with Gasteiger partial charge in [0.25, 0.3) is 10.1 Å². The van der Waals surface area contributed by atoms with Gasteiger partial charge in [0.05, 0.1) is 28.9 Å². The zero-order valence-corrected chi connectivity index (χ0v) is 17.1. The molecule has 2 aromatic carbocycles. The molecule has 150 valence electrons. The second-order valence-electron chi connectivity index (χ2n) is 7.15. The van der Waals surface area contributed by atoms with E-state index in [0.717, 1.165) is 28.3 Å². The van der Waals surface area contributed by atoms with Crippen molar-refractivity contribution in [3.63, 3.8) is 0 Å². The van der Waals surface area contributed by atoms with Crippen molar-refractivity contribution in [3.8, 4) is 11.5 Å². The number of nitrogens with zero attached hydrogens (tertiary/aromatic N) is 2. The maximum absolute atomic E-state index is 11.6. The summed E-state index contributed by atoms with van der Waals surface area (Å²) in [6.07, 6.45) is 0.179. The molecule has 6 nitrogen and oxygen atoms in total. The number of rotatable bonds is 5. The Labute approximate surface area is 170 Å². The summed E-state index contributed by atoms with van der Waals surface area (Å²) in [4.78, 5) is 6.80. The molecule has 7 heteroatoms. The van der Waals surface area contributed by atoms with Gasteiger partial charge in [-0.25, -0.2) is 0 Å². The van der Waals surface area contributed by atoms with Gasteiger partial charge in [-0.1, -0.05) is 30.3 Å². The number of fused-ring (bicyclic) bond motifs is 2. The number of hydrogen-bond acceptors (Lipinski definition) is 5. The minimum Gasteiger partial charge on any atom is -0.453 e. The molecule has 1 aromatic heterocycles. The quantitative estimate of drug-likeness (QED) is 0.599. The predicted molar refractivity (Wildman–Crippen MR) is 113 cm³/mol. The highest BCUT2D eigenvalue weighted by Gasteiger charge is 2.33. The molecule has 0 bridgehead atoms. The van der Waals surface area contributed by atoms with E-state index < -0.39 is 16.2 Å². The van der Waals surface area contributed by atoms with E-state index in [4.69, 9.17) is 9.72 Å². The normalized spacial score (nSPS) is 14.0. The molecule has 0 radical (unpaired) electrons. The summed E-state index contributed by atoms with van der Waals surface area (Å²) in [5, 5.41) is 0. The van der Waals surface area contributed by atoms with Crippen LogP contribution in [0.4, 0.5) is 11.4 Å². The molecule has 1 N–H and O–H groups in total. The van der Waals surface area contributed by atoms with Crippen LogP contribution < -0.4 is 9.64 Å². The van der Waals surface area contributed by atoms with Crippen LogP contribution in [0.2, 0.25) is 0 Å². The molecule has 1 unspecified atom stereocenters. The average molecular weight is 410 g/mol. The van der Waals surface area contributed by atoms with Crippen molar-refractivity contribution in [1.82, 2.24) is 4.98 Å². The van der Waals surface area contributed by atoms with Gasteiger partial charge in [-0.15, -0.1) is 0 Å². The molecule has 0 fully saturated rings. The number of anilines is 2. The fraction of sp³-hybridized carbons (Fsp3) is 0.227. The Morgan fingerprint density at radius 3 is 2.14 bits per heavy atom. The van der Waals surface area contributed by atoms with Crippen LogP contribution in [0, 0.1) is 13.8 Å². The lowest BCUT2D eigenvalue weighted by Crippen LogP contribution is -2.29. The maximum atomic E-state index is 11.6. The lowest BCUT2D eigenvalue weighted by atomic mass is 10.00. The molecule has 4 rings (SSSR count). The molecule has 0 amide bonds. The smallest absolute Gasteiger partial charge is 0.264 e. The van der Waals surface area contributed by atoms with Crippen LogP contribution in [-0.4, -0.2) is 23.7 Å². The summed E-state index contributed by atoms with van der Waals surface area (Å²) in [5.41, 5.74) is 4.23. The fourth-order valence-corrected chi connectivity index (χ4v) is 4.22. The topological polar surface area (TPSA) is 79.7 Å². The van der Waals surface area contributed by atoms with E-state index in [1.165, 1.54) is 0 Å². The van der Waals surface area contributed by atoms with Crippen molar-refractivity contribution in [3.05, 3.63) is 77.6 Å². The molecule has 1 aliphatic heterocycles. The average Bonchev–Trinajstić information content (AvgIpc) is 2.69. The van der Waals surface area contributed by atoms with Gasteiger partial charge in [0.2, 0.25) is 0 Å². The second-order valence-corrected chi connectivity index (χ2v) is 8.72. The van der Waals surface area contributed by atoms with E-state index >= 15 is 0 Å². The van der Waals surface area contributed by atoms with Gasteiger partial charge in [0, 0.05) is 5.69 Å². The molecule has 0 saturated carbocycles. The van der Waals surface area contributed by atoms with E-state index in [1.54, 1.807) is 0 Å². The molecule has 29 heavy (non-hydrogen) atoms. The number of para-hydroxylation sites is 4. The van der Waals surface area contributed by atoms with E-state index in [2.05, 4.69) is 4.90 Å². The van der Waals surface area contributed by atoms with Crippen molar-refractivity contribution < 1.29 is 17.7 Å². The number of aryl methyl sites for hydroxylation is 2. The van der Waals surface area contributed by atoms with Crippen LogP contribution in [0.25, 0.3) is 0 Å². The van der Waals surface area contributed by atoms with Crippen LogP contribution in [0.5, 0.6) is 11.5 Å². The first-order valence-electron chi connectivity index (χ1n) is 9.38. The first-order valence-corrected chi connectivity index (χ1v) is 11.0. The molecule has 0 spiro atoms. The van der Waals surface area contributed by atoms with Crippen LogP contribution in [0.3, 0.4) is 0 Å². The van der Waals surface area contributed by atoms with Gasteiger partial charge in [0.15, 0.2) is 11.5 Å². The monoisotopic (exact) mass is 410 g/mol. The number of aromatic nitrogens is 1. The molecular formula is C22H22N2O4S. The Morgan fingerprint density at radius 1 is 0.966 bits per heavy atom. The second kappa shape index (κ2) is 7.50. The van der Waals surface area contributed by atoms with Crippen LogP contribution in [0.15, 0.2) is 60.7 Å². The van der Waals surface area contributed by atoms with Crippen molar-refractivity contribution in [2.45, 2.75) is 26.3 Å². The van der Waals surface area contributed by atoms with E-state index in [0.29, 0.717) is 11.5 Å². The fourth-order valence-electron chi connectivity index (χ4n) is 3.70. The van der Waals surface area contributed by atoms with Crippen molar-refractivity contribution in [2.75, 3.05) is 10.7 Å². The number of benzene rings is 2. The molecule has 0 aliphatic carbocycles. The Bertz CT molecular complexity index is 1120. The van der Waals surface area contributed by atoms with E-state index in [9.17, 15) is 13.0 Å². The molecule has 0 saturated heterocycles. The number of pyridine rings is 1. The lowest BCUT2D eigenvalue weighted by Gasteiger charge is -2.38. The highest BCUT2D eigenvalue weighted by molar-refractivity contribution is 7.85. The summed E-state index contributed by atoms with van der Waals surface area (Å²) in [5.74, 6) is 1.01. The molecule has 3 aromatic rings. The third kappa shape index (κ3) is 3.97. The Hall–Kier alpha value is -2.90. The van der Waals surface area contributed by atoms with Crippen molar-refractivity contribution >= 4 is 21.5 Å². The van der Waals surface area contributed by atoms with Gasteiger partial charge in [0.1, 0.15) is 0 Å². The highest BCUT2D eigenvalue weighted by Crippen LogP contribution is 2.50. The van der Waals surface area contributed by atoms with E-state index in [1.807, 2.05) is 74.5 Å². The Kier molecular flexibility index (Phi) is 5.02. The molecule has 1 atom stereocenters. The van der Waals surface area contributed by atoms with Gasteiger partial charge >= 0.3 is 0 Å². The summed E-state index contributed by atoms with van der Waals surface area (Å²) in [6.45, 7) is 3.87. The molecular weight excluding hydrogens is 388 g/mol. The Morgan fingerprint density at radius 2 is 1.55 bits per heavy atom. The standard InChI is InChI=1S/C22H22N2O4S/c1-15-11-12-16(2)23-22(15)19(13-14-29(25,26)27)24-17-7-3-5-9-20(17)28-21-10-6-4-8-18(21)24/h3-12,19H,13-14H2,1-2H3,(H,25,26,27). The van der Waals surface area contributed by atoms with E-state index in [-0.39, 0.29) is 12.2 Å². The largest absolute Gasteiger partial charge is 0.453 e.